The minimum Gasteiger partial charge on any atom is -0.370 e. The highest BCUT2D eigenvalue weighted by atomic mass is 16.5. The number of nitrogens with zero attached hydrogens (tertiary/aromatic N) is 4. The normalized spacial score (nSPS) is 18.1. The van der Waals surface area contributed by atoms with Gasteiger partial charge in [0.1, 0.15) is 11.9 Å². The van der Waals surface area contributed by atoms with Crippen LogP contribution in [0.3, 0.4) is 0 Å². The first-order chi connectivity index (χ1) is 16.2. The Kier molecular flexibility index (Phi) is 5.88. The Morgan fingerprint density at radius 3 is 2.73 bits per heavy atom. The number of hydrogen-bond acceptors (Lipinski definition) is 6. The Labute approximate surface area is 193 Å². The molecular formula is C27H25N5O. The zero-order valence-corrected chi connectivity index (χ0v) is 18.5. The summed E-state index contributed by atoms with van der Waals surface area (Å²) in [6, 6.07) is 24.5. The van der Waals surface area contributed by atoms with Crippen LogP contribution in [0.1, 0.15) is 12.5 Å². The number of fused-ring (bicyclic) bond motifs is 1. The van der Waals surface area contributed by atoms with Gasteiger partial charge in [-0.1, -0.05) is 30.3 Å². The van der Waals surface area contributed by atoms with Gasteiger partial charge in [0.05, 0.1) is 23.3 Å². The van der Waals surface area contributed by atoms with E-state index in [4.69, 9.17) is 4.74 Å². The van der Waals surface area contributed by atoms with Gasteiger partial charge in [-0.15, -0.1) is 0 Å². The number of morpholine rings is 1. The molecule has 164 valence electrons. The lowest BCUT2D eigenvalue weighted by Gasteiger charge is -2.38. The van der Waals surface area contributed by atoms with E-state index in [2.05, 4.69) is 51.4 Å². The second-order valence-corrected chi connectivity index (χ2v) is 8.29. The smallest absolute Gasteiger partial charge is 0.126 e. The molecule has 2 aromatic carbocycles. The fourth-order valence-corrected chi connectivity index (χ4v) is 4.43. The van der Waals surface area contributed by atoms with Crippen molar-refractivity contribution in [2.45, 2.75) is 19.1 Å². The first kappa shape index (κ1) is 20.9. The van der Waals surface area contributed by atoms with E-state index in [1.54, 1.807) is 6.20 Å². The molecular weight excluding hydrogens is 410 g/mol. The second-order valence-electron chi connectivity index (χ2n) is 8.29. The largest absolute Gasteiger partial charge is 0.370 e. The molecule has 1 N–H and O–H groups in total. The van der Waals surface area contributed by atoms with Crippen LogP contribution in [-0.4, -0.2) is 41.8 Å². The molecule has 3 heterocycles. The third-order valence-corrected chi connectivity index (χ3v) is 5.91. The average Bonchev–Trinajstić information content (AvgIpc) is 2.87. The van der Waals surface area contributed by atoms with E-state index in [0.717, 1.165) is 46.6 Å². The molecule has 1 aliphatic rings. The predicted octanol–water partition coefficient (Wildman–Crippen LogP) is 4.87. The predicted molar refractivity (Wildman–Crippen MR) is 131 cm³/mol. The van der Waals surface area contributed by atoms with E-state index < -0.39 is 0 Å². The Hall–Kier alpha value is -3.95. The third kappa shape index (κ3) is 4.50. The Morgan fingerprint density at radius 2 is 1.88 bits per heavy atom. The van der Waals surface area contributed by atoms with Gasteiger partial charge in [-0.05, 0) is 54.4 Å². The van der Waals surface area contributed by atoms with E-state index >= 15 is 0 Å². The number of nitriles is 1. The topological polar surface area (TPSA) is 74.1 Å². The molecule has 0 amide bonds. The zero-order valence-electron chi connectivity index (χ0n) is 18.5. The number of pyridine rings is 2. The molecule has 6 nitrogen and oxygen atoms in total. The van der Waals surface area contributed by atoms with Gasteiger partial charge in [-0.3, -0.25) is 4.98 Å². The van der Waals surface area contributed by atoms with Gasteiger partial charge in [0.15, 0.2) is 0 Å². The molecule has 2 aromatic heterocycles. The quantitative estimate of drug-likeness (QED) is 0.482. The second kappa shape index (κ2) is 9.27. The summed E-state index contributed by atoms with van der Waals surface area (Å²) < 4.78 is 6.23. The summed E-state index contributed by atoms with van der Waals surface area (Å²) in [6.07, 6.45) is 3.64. The summed E-state index contributed by atoms with van der Waals surface area (Å²) in [5.41, 5.74) is 4.72. The van der Waals surface area contributed by atoms with Crippen LogP contribution >= 0.6 is 0 Å². The van der Waals surface area contributed by atoms with E-state index in [-0.39, 0.29) is 12.2 Å². The monoisotopic (exact) mass is 435 g/mol. The third-order valence-electron chi connectivity index (χ3n) is 5.91. The number of nitrogens with one attached hydrogen (secondary N) is 1. The highest BCUT2D eigenvalue weighted by Crippen LogP contribution is 2.30. The molecule has 1 saturated heterocycles. The van der Waals surface area contributed by atoms with E-state index in [9.17, 15) is 5.26 Å². The molecule has 0 spiro atoms. The SMILES string of the molecule is C[C@@H]1CN(c2ccc(C#N)c3ncccc23)C[C@H](CNc2cc(-c3ccccc3)ccn2)O1. The number of benzene rings is 2. The fourth-order valence-electron chi connectivity index (χ4n) is 4.43. The first-order valence-corrected chi connectivity index (χ1v) is 11.1. The molecule has 0 saturated carbocycles. The van der Waals surface area contributed by atoms with Gasteiger partial charge in [0, 0.05) is 43.1 Å². The molecule has 2 atom stereocenters. The maximum Gasteiger partial charge on any atom is 0.126 e. The lowest BCUT2D eigenvalue weighted by molar-refractivity contribution is -0.00823. The summed E-state index contributed by atoms with van der Waals surface area (Å²) in [7, 11) is 0. The van der Waals surface area contributed by atoms with Gasteiger partial charge in [-0.2, -0.15) is 5.26 Å². The van der Waals surface area contributed by atoms with Gasteiger partial charge in [0.25, 0.3) is 0 Å². The molecule has 1 aliphatic heterocycles. The van der Waals surface area contributed by atoms with Crippen molar-refractivity contribution in [1.29, 1.82) is 5.26 Å². The number of ether oxygens (including phenoxy) is 1. The van der Waals surface area contributed by atoms with Crippen LogP contribution < -0.4 is 10.2 Å². The van der Waals surface area contributed by atoms with Crippen molar-refractivity contribution >= 4 is 22.4 Å². The van der Waals surface area contributed by atoms with Crippen molar-refractivity contribution in [3.63, 3.8) is 0 Å². The maximum absolute atomic E-state index is 9.45. The Balaban J connectivity index is 1.33. The number of anilines is 2. The van der Waals surface area contributed by atoms with Crippen LogP contribution in [0.5, 0.6) is 0 Å². The van der Waals surface area contributed by atoms with Crippen LogP contribution in [0.15, 0.2) is 79.1 Å². The number of hydrogen-bond donors (Lipinski definition) is 1. The summed E-state index contributed by atoms with van der Waals surface area (Å²) in [4.78, 5) is 11.3. The molecule has 4 aromatic rings. The van der Waals surface area contributed by atoms with Gasteiger partial charge >= 0.3 is 0 Å². The van der Waals surface area contributed by atoms with Crippen LogP contribution in [-0.2, 0) is 4.74 Å². The van der Waals surface area contributed by atoms with Crippen LogP contribution in [0.4, 0.5) is 11.5 Å². The molecule has 1 fully saturated rings. The zero-order chi connectivity index (χ0) is 22.6. The minimum absolute atomic E-state index is 0.00158. The fraction of sp³-hybridized carbons (Fsp3) is 0.222. The summed E-state index contributed by atoms with van der Waals surface area (Å²) >= 11 is 0. The van der Waals surface area contributed by atoms with Crippen LogP contribution in [0, 0.1) is 11.3 Å². The van der Waals surface area contributed by atoms with E-state index in [1.165, 1.54) is 0 Å². The lowest BCUT2D eigenvalue weighted by atomic mass is 10.1. The van der Waals surface area contributed by atoms with Crippen molar-refractivity contribution in [2.75, 3.05) is 29.9 Å². The van der Waals surface area contributed by atoms with Gasteiger partial charge in [0.2, 0.25) is 0 Å². The van der Waals surface area contributed by atoms with Crippen molar-refractivity contribution in [3.8, 4) is 17.2 Å². The standard InChI is InChI=1S/C27H25N5O/c1-19-17-32(25-10-9-22(15-28)27-24(25)8-5-12-30-27)18-23(33-19)16-31-26-14-21(11-13-29-26)20-6-3-2-4-7-20/h2-14,19,23H,16-18H2,1H3,(H,29,31)/t19-,23+/m1/s1. The average molecular weight is 436 g/mol. The minimum atomic E-state index is -0.00158. The van der Waals surface area contributed by atoms with Crippen LogP contribution in [0.25, 0.3) is 22.0 Å². The van der Waals surface area contributed by atoms with Gasteiger partial charge < -0.3 is 15.0 Å². The Bertz CT molecular complexity index is 1300. The van der Waals surface area contributed by atoms with Crippen molar-refractivity contribution in [3.05, 3.63) is 84.7 Å². The molecule has 0 bridgehead atoms. The van der Waals surface area contributed by atoms with Crippen LogP contribution in [0.2, 0.25) is 0 Å². The van der Waals surface area contributed by atoms with E-state index in [1.807, 2.05) is 54.7 Å². The number of rotatable bonds is 5. The highest BCUT2D eigenvalue weighted by Gasteiger charge is 2.27. The molecule has 0 radical (unpaired) electrons. The van der Waals surface area contributed by atoms with Crippen molar-refractivity contribution < 1.29 is 4.74 Å². The molecule has 33 heavy (non-hydrogen) atoms. The summed E-state index contributed by atoms with van der Waals surface area (Å²) in [5, 5.41) is 13.9. The summed E-state index contributed by atoms with van der Waals surface area (Å²) in [5.74, 6) is 0.831. The molecule has 0 aliphatic carbocycles. The van der Waals surface area contributed by atoms with E-state index in [0.29, 0.717) is 12.1 Å². The molecule has 0 unspecified atom stereocenters. The van der Waals surface area contributed by atoms with Crippen molar-refractivity contribution in [2.24, 2.45) is 0 Å². The lowest BCUT2D eigenvalue weighted by Crippen LogP contribution is -2.49. The van der Waals surface area contributed by atoms with Gasteiger partial charge in [-0.25, -0.2) is 4.98 Å². The number of aromatic nitrogens is 2. The Morgan fingerprint density at radius 1 is 1.00 bits per heavy atom. The molecule has 5 rings (SSSR count). The van der Waals surface area contributed by atoms with Crippen molar-refractivity contribution in [1.82, 2.24) is 9.97 Å². The first-order valence-electron chi connectivity index (χ1n) is 11.1. The summed E-state index contributed by atoms with van der Waals surface area (Å²) in [6.45, 7) is 4.27. The maximum atomic E-state index is 9.45. The molecule has 6 heteroatoms. The highest BCUT2D eigenvalue weighted by molar-refractivity contribution is 5.95.